The van der Waals surface area contributed by atoms with Gasteiger partial charge in [0, 0.05) is 5.92 Å². The van der Waals surface area contributed by atoms with Crippen molar-refractivity contribution in [3.63, 3.8) is 0 Å². The molecule has 1 atom stereocenters. The van der Waals surface area contributed by atoms with E-state index in [4.69, 9.17) is 0 Å². The van der Waals surface area contributed by atoms with Crippen molar-refractivity contribution in [1.82, 2.24) is 20.5 Å². The second kappa shape index (κ2) is 3.87. The molecule has 4 heteroatoms. The third-order valence-corrected chi connectivity index (χ3v) is 2.56. The van der Waals surface area contributed by atoms with Gasteiger partial charge in [-0.2, -0.15) is 5.10 Å². The maximum atomic E-state index is 4.38. The van der Waals surface area contributed by atoms with E-state index in [0.29, 0.717) is 5.92 Å². The fourth-order valence-electron chi connectivity index (χ4n) is 1.82. The van der Waals surface area contributed by atoms with Gasteiger partial charge >= 0.3 is 0 Å². The summed E-state index contributed by atoms with van der Waals surface area (Å²) in [5.74, 6) is 2.48. The molecule has 2 heterocycles. The molecule has 0 radical (unpaired) electrons. The summed E-state index contributed by atoms with van der Waals surface area (Å²) in [6.45, 7) is 4.18. The van der Waals surface area contributed by atoms with E-state index in [1.807, 2.05) is 6.92 Å². The third kappa shape index (κ3) is 2.06. The third-order valence-electron chi connectivity index (χ3n) is 2.56. The number of rotatable bonds is 1. The molecule has 1 unspecified atom stereocenters. The Kier molecular flexibility index (Phi) is 2.59. The molecule has 0 spiro atoms. The number of aromatic amines is 1. The van der Waals surface area contributed by atoms with Gasteiger partial charge in [0.05, 0.1) is 0 Å². The lowest BCUT2D eigenvalue weighted by Gasteiger charge is -2.07. The van der Waals surface area contributed by atoms with Gasteiger partial charge in [-0.1, -0.05) is 0 Å². The van der Waals surface area contributed by atoms with Crippen molar-refractivity contribution in [2.45, 2.75) is 32.1 Å². The Hall–Kier alpha value is -0.900. The van der Waals surface area contributed by atoms with Crippen LogP contribution in [-0.4, -0.2) is 28.3 Å². The number of H-pyrrole nitrogens is 1. The summed E-state index contributed by atoms with van der Waals surface area (Å²) in [5, 5.41) is 10.5. The first-order valence-electron chi connectivity index (χ1n) is 4.96. The van der Waals surface area contributed by atoms with Crippen molar-refractivity contribution < 1.29 is 0 Å². The Morgan fingerprint density at radius 2 is 2.23 bits per heavy atom. The van der Waals surface area contributed by atoms with Crippen molar-refractivity contribution in [1.29, 1.82) is 0 Å². The van der Waals surface area contributed by atoms with E-state index in [2.05, 4.69) is 20.5 Å². The van der Waals surface area contributed by atoms with Crippen molar-refractivity contribution in [3.8, 4) is 0 Å². The van der Waals surface area contributed by atoms with Gasteiger partial charge in [0.2, 0.25) is 0 Å². The summed E-state index contributed by atoms with van der Waals surface area (Å²) in [5.41, 5.74) is 0. The molecule has 2 rings (SSSR count). The molecule has 0 bridgehead atoms. The predicted molar refractivity (Wildman–Crippen MR) is 50.6 cm³/mol. The van der Waals surface area contributed by atoms with E-state index in [1.165, 1.54) is 12.8 Å². The maximum absolute atomic E-state index is 4.38. The SMILES string of the molecule is Cc1nc(C2CCCNCC2)n[nH]1. The quantitative estimate of drug-likeness (QED) is 0.677. The highest BCUT2D eigenvalue weighted by molar-refractivity contribution is 4.97. The molecule has 72 valence electrons. The largest absolute Gasteiger partial charge is 0.317 e. The summed E-state index contributed by atoms with van der Waals surface area (Å²) >= 11 is 0. The molecule has 2 N–H and O–H groups in total. The molecule has 1 aromatic heterocycles. The van der Waals surface area contributed by atoms with Gasteiger partial charge in [0.25, 0.3) is 0 Å². The minimum atomic E-state index is 0.556. The highest BCUT2D eigenvalue weighted by Gasteiger charge is 2.17. The molecule has 0 aromatic carbocycles. The summed E-state index contributed by atoms with van der Waals surface area (Å²) in [6.07, 6.45) is 3.61. The van der Waals surface area contributed by atoms with Crippen molar-refractivity contribution >= 4 is 0 Å². The monoisotopic (exact) mass is 180 g/mol. The Morgan fingerprint density at radius 1 is 1.31 bits per heavy atom. The molecule has 1 fully saturated rings. The summed E-state index contributed by atoms with van der Waals surface area (Å²) in [7, 11) is 0. The molecule has 0 saturated carbocycles. The number of nitrogens with one attached hydrogen (secondary N) is 2. The highest BCUT2D eigenvalue weighted by atomic mass is 15.2. The predicted octanol–water partition coefficient (Wildman–Crippen LogP) is 0.970. The zero-order valence-electron chi connectivity index (χ0n) is 8.01. The minimum Gasteiger partial charge on any atom is -0.317 e. The summed E-state index contributed by atoms with van der Waals surface area (Å²) in [6, 6.07) is 0. The average molecular weight is 180 g/mol. The summed E-state index contributed by atoms with van der Waals surface area (Å²) < 4.78 is 0. The van der Waals surface area contributed by atoms with Gasteiger partial charge < -0.3 is 5.32 Å². The average Bonchev–Trinajstić information content (AvgIpc) is 2.43. The first-order chi connectivity index (χ1) is 6.36. The van der Waals surface area contributed by atoms with Crippen LogP contribution in [0.1, 0.15) is 36.8 Å². The van der Waals surface area contributed by atoms with E-state index >= 15 is 0 Å². The zero-order valence-corrected chi connectivity index (χ0v) is 8.01. The van der Waals surface area contributed by atoms with Crippen LogP contribution in [-0.2, 0) is 0 Å². The molecule has 1 aliphatic rings. The first-order valence-corrected chi connectivity index (χ1v) is 4.96. The fraction of sp³-hybridized carbons (Fsp3) is 0.778. The number of aryl methyl sites for hydroxylation is 1. The van der Waals surface area contributed by atoms with E-state index < -0.39 is 0 Å². The van der Waals surface area contributed by atoms with Crippen LogP contribution in [0.5, 0.6) is 0 Å². The van der Waals surface area contributed by atoms with Crippen LogP contribution in [0.15, 0.2) is 0 Å². The Labute approximate surface area is 78.1 Å². The van der Waals surface area contributed by atoms with Gasteiger partial charge in [0.15, 0.2) is 5.82 Å². The van der Waals surface area contributed by atoms with E-state index in [-0.39, 0.29) is 0 Å². The van der Waals surface area contributed by atoms with Crippen molar-refractivity contribution in [3.05, 3.63) is 11.6 Å². The molecule has 4 nitrogen and oxygen atoms in total. The Morgan fingerprint density at radius 3 is 3.00 bits per heavy atom. The molecule has 0 aliphatic carbocycles. The van der Waals surface area contributed by atoms with Gasteiger partial charge in [-0.3, -0.25) is 5.10 Å². The van der Waals surface area contributed by atoms with Gasteiger partial charge in [-0.25, -0.2) is 4.98 Å². The molecule has 13 heavy (non-hydrogen) atoms. The Balaban J connectivity index is 2.06. The summed E-state index contributed by atoms with van der Waals surface area (Å²) in [4.78, 5) is 4.38. The lowest BCUT2D eigenvalue weighted by molar-refractivity contribution is 0.577. The van der Waals surface area contributed by atoms with Crippen LogP contribution < -0.4 is 5.32 Å². The van der Waals surface area contributed by atoms with E-state index in [1.54, 1.807) is 0 Å². The molecule has 1 aliphatic heterocycles. The van der Waals surface area contributed by atoms with Crippen molar-refractivity contribution in [2.24, 2.45) is 0 Å². The number of hydrogen-bond donors (Lipinski definition) is 2. The molecule has 1 saturated heterocycles. The number of aromatic nitrogens is 3. The van der Waals surface area contributed by atoms with E-state index in [0.717, 1.165) is 31.2 Å². The molecular formula is C9H16N4. The van der Waals surface area contributed by atoms with Crippen LogP contribution in [0, 0.1) is 6.92 Å². The van der Waals surface area contributed by atoms with Crippen LogP contribution in [0.4, 0.5) is 0 Å². The molecule has 0 amide bonds. The fourth-order valence-corrected chi connectivity index (χ4v) is 1.82. The number of nitrogens with zero attached hydrogens (tertiary/aromatic N) is 2. The highest BCUT2D eigenvalue weighted by Crippen LogP contribution is 2.22. The minimum absolute atomic E-state index is 0.556. The zero-order chi connectivity index (χ0) is 9.10. The lowest BCUT2D eigenvalue weighted by Crippen LogP contribution is -2.14. The van der Waals surface area contributed by atoms with Gasteiger partial charge in [-0.05, 0) is 39.3 Å². The van der Waals surface area contributed by atoms with Crippen LogP contribution in [0.25, 0.3) is 0 Å². The normalized spacial score (nSPS) is 24.2. The molecule has 1 aromatic rings. The second-order valence-electron chi connectivity index (χ2n) is 3.66. The topological polar surface area (TPSA) is 53.6 Å². The van der Waals surface area contributed by atoms with Crippen LogP contribution in [0.3, 0.4) is 0 Å². The van der Waals surface area contributed by atoms with Gasteiger partial charge in [0.1, 0.15) is 5.82 Å². The second-order valence-corrected chi connectivity index (χ2v) is 3.66. The lowest BCUT2D eigenvalue weighted by atomic mass is 10.0. The maximum Gasteiger partial charge on any atom is 0.153 e. The smallest absolute Gasteiger partial charge is 0.153 e. The standard InChI is InChI=1S/C9H16N4/c1-7-11-9(13-12-7)8-3-2-5-10-6-4-8/h8,10H,2-6H2,1H3,(H,11,12,13). The van der Waals surface area contributed by atoms with Crippen LogP contribution >= 0.6 is 0 Å². The van der Waals surface area contributed by atoms with Crippen molar-refractivity contribution in [2.75, 3.05) is 13.1 Å². The Bertz CT molecular complexity index is 260. The first kappa shape index (κ1) is 8.69. The van der Waals surface area contributed by atoms with Gasteiger partial charge in [-0.15, -0.1) is 0 Å². The molecular weight excluding hydrogens is 164 g/mol. The van der Waals surface area contributed by atoms with Crippen LogP contribution in [0.2, 0.25) is 0 Å². The number of hydrogen-bond acceptors (Lipinski definition) is 3. The van der Waals surface area contributed by atoms with E-state index in [9.17, 15) is 0 Å².